The number of nitrogens with one attached hydrogen (secondary N) is 1. The van der Waals surface area contributed by atoms with Gasteiger partial charge in [0.05, 0.1) is 17.0 Å². The molecule has 17 heavy (non-hydrogen) atoms. The van der Waals surface area contributed by atoms with Crippen molar-refractivity contribution in [3.8, 4) is 0 Å². The van der Waals surface area contributed by atoms with Crippen molar-refractivity contribution in [1.29, 1.82) is 0 Å². The van der Waals surface area contributed by atoms with Crippen LogP contribution < -0.4 is 11.1 Å². The Hall–Kier alpha value is -1.29. The average molecular weight is 238 g/mol. The normalized spacial score (nSPS) is 23.4. The van der Waals surface area contributed by atoms with Crippen LogP contribution in [0.2, 0.25) is 0 Å². The van der Waals surface area contributed by atoms with E-state index in [1.807, 2.05) is 0 Å². The van der Waals surface area contributed by atoms with Crippen LogP contribution in [0, 0.1) is 5.82 Å². The summed E-state index contributed by atoms with van der Waals surface area (Å²) in [4.78, 5) is 0. The molecule has 1 aromatic carbocycles. The van der Waals surface area contributed by atoms with Gasteiger partial charge in [-0.25, -0.2) is 4.39 Å². The Balaban J connectivity index is 2.05. The zero-order valence-electron chi connectivity index (χ0n) is 10.3. The summed E-state index contributed by atoms with van der Waals surface area (Å²) < 4.78 is 18.6. The van der Waals surface area contributed by atoms with Gasteiger partial charge in [0, 0.05) is 12.6 Å². The first-order valence-electron chi connectivity index (χ1n) is 5.92. The number of hydrogen-bond acceptors (Lipinski definition) is 3. The van der Waals surface area contributed by atoms with Crippen molar-refractivity contribution >= 4 is 11.4 Å². The summed E-state index contributed by atoms with van der Waals surface area (Å²) in [5.41, 5.74) is 6.92. The van der Waals surface area contributed by atoms with Crippen LogP contribution in [-0.2, 0) is 4.74 Å². The number of nitrogen functional groups attached to an aromatic ring is 1. The predicted molar refractivity (Wildman–Crippen MR) is 67.5 cm³/mol. The molecule has 1 atom stereocenters. The Kier molecular flexibility index (Phi) is 3.24. The minimum atomic E-state index is -0.305. The van der Waals surface area contributed by atoms with Gasteiger partial charge in [-0.2, -0.15) is 0 Å². The molecule has 0 spiro atoms. The van der Waals surface area contributed by atoms with Gasteiger partial charge in [0.25, 0.3) is 0 Å². The number of anilines is 2. The molecular formula is C13H19FN2O. The third-order valence-corrected chi connectivity index (χ3v) is 3.07. The van der Waals surface area contributed by atoms with Gasteiger partial charge in [-0.15, -0.1) is 0 Å². The maximum Gasteiger partial charge on any atom is 0.125 e. The van der Waals surface area contributed by atoms with E-state index in [1.165, 1.54) is 12.1 Å². The first kappa shape index (κ1) is 12.2. The van der Waals surface area contributed by atoms with Crippen molar-refractivity contribution in [3.63, 3.8) is 0 Å². The number of halogens is 1. The van der Waals surface area contributed by atoms with Crippen LogP contribution in [0.5, 0.6) is 0 Å². The fourth-order valence-electron chi connectivity index (χ4n) is 2.24. The largest absolute Gasteiger partial charge is 0.397 e. The van der Waals surface area contributed by atoms with E-state index in [2.05, 4.69) is 19.2 Å². The predicted octanol–water partition coefficient (Wildman–Crippen LogP) is 2.78. The van der Waals surface area contributed by atoms with Crippen LogP contribution in [-0.4, -0.2) is 18.2 Å². The number of ether oxygens (including phenoxy) is 1. The van der Waals surface area contributed by atoms with Crippen LogP contribution in [0.25, 0.3) is 0 Å². The molecular weight excluding hydrogens is 219 g/mol. The number of benzene rings is 1. The molecule has 1 aliphatic rings. The monoisotopic (exact) mass is 238 g/mol. The van der Waals surface area contributed by atoms with Crippen LogP contribution in [0.15, 0.2) is 18.2 Å². The number of rotatable bonds is 2. The smallest absolute Gasteiger partial charge is 0.125 e. The summed E-state index contributed by atoms with van der Waals surface area (Å²) in [5.74, 6) is -0.305. The van der Waals surface area contributed by atoms with E-state index in [0.717, 1.165) is 25.1 Å². The Bertz CT molecular complexity index is 406. The molecule has 3 nitrogen and oxygen atoms in total. The molecule has 0 aliphatic carbocycles. The van der Waals surface area contributed by atoms with Crippen LogP contribution in [0.1, 0.15) is 26.7 Å². The third-order valence-electron chi connectivity index (χ3n) is 3.07. The van der Waals surface area contributed by atoms with Crippen molar-refractivity contribution in [3.05, 3.63) is 24.0 Å². The first-order chi connectivity index (χ1) is 7.96. The lowest BCUT2D eigenvalue weighted by atomic mass is 9.94. The Morgan fingerprint density at radius 1 is 1.47 bits per heavy atom. The van der Waals surface area contributed by atoms with Gasteiger partial charge in [-0.1, -0.05) is 0 Å². The Morgan fingerprint density at radius 3 is 2.88 bits per heavy atom. The van der Waals surface area contributed by atoms with Gasteiger partial charge in [-0.05, 0) is 44.9 Å². The second-order valence-electron chi connectivity index (χ2n) is 5.17. The van der Waals surface area contributed by atoms with Gasteiger partial charge in [0.2, 0.25) is 0 Å². The molecule has 0 saturated carbocycles. The molecule has 1 saturated heterocycles. The molecule has 0 bridgehead atoms. The zero-order chi connectivity index (χ0) is 12.5. The summed E-state index contributed by atoms with van der Waals surface area (Å²) in [6, 6.07) is 4.77. The number of hydrogen-bond donors (Lipinski definition) is 2. The zero-order valence-corrected chi connectivity index (χ0v) is 10.3. The van der Waals surface area contributed by atoms with E-state index in [9.17, 15) is 4.39 Å². The fraction of sp³-hybridized carbons (Fsp3) is 0.538. The molecule has 1 aliphatic heterocycles. The van der Waals surface area contributed by atoms with Crippen LogP contribution >= 0.6 is 0 Å². The second-order valence-corrected chi connectivity index (χ2v) is 5.17. The molecule has 4 heteroatoms. The minimum absolute atomic E-state index is 0.106. The lowest BCUT2D eigenvalue weighted by Gasteiger charge is -2.36. The lowest BCUT2D eigenvalue weighted by molar-refractivity contribution is -0.0553. The maximum atomic E-state index is 12.9. The van der Waals surface area contributed by atoms with Crippen molar-refractivity contribution in [2.75, 3.05) is 17.7 Å². The highest BCUT2D eigenvalue weighted by molar-refractivity contribution is 5.66. The second kappa shape index (κ2) is 4.53. The van der Waals surface area contributed by atoms with E-state index in [4.69, 9.17) is 10.5 Å². The standard InChI is InChI=1S/C13H19FN2O/c1-13(2)8-10(5-6-17-13)16-12-4-3-9(14)7-11(12)15/h3-4,7,10,16H,5-6,8,15H2,1-2H3. The third kappa shape index (κ3) is 3.09. The van der Waals surface area contributed by atoms with Crippen molar-refractivity contribution in [1.82, 2.24) is 0 Å². The summed E-state index contributed by atoms with van der Waals surface area (Å²) in [6.45, 7) is 4.90. The van der Waals surface area contributed by atoms with E-state index in [0.29, 0.717) is 11.7 Å². The maximum absolute atomic E-state index is 12.9. The summed E-state index contributed by atoms with van der Waals surface area (Å²) in [6.07, 6.45) is 1.87. The first-order valence-corrected chi connectivity index (χ1v) is 5.92. The van der Waals surface area contributed by atoms with E-state index < -0.39 is 0 Å². The summed E-state index contributed by atoms with van der Waals surface area (Å²) in [5, 5.41) is 3.36. The van der Waals surface area contributed by atoms with E-state index in [1.54, 1.807) is 6.07 Å². The molecule has 0 aromatic heterocycles. The van der Waals surface area contributed by atoms with Crippen molar-refractivity contribution in [2.45, 2.75) is 38.3 Å². The number of nitrogens with two attached hydrogens (primary N) is 1. The van der Waals surface area contributed by atoms with E-state index >= 15 is 0 Å². The fourth-order valence-corrected chi connectivity index (χ4v) is 2.24. The van der Waals surface area contributed by atoms with Crippen molar-refractivity contribution < 1.29 is 9.13 Å². The highest BCUT2D eigenvalue weighted by Gasteiger charge is 2.28. The highest BCUT2D eigenvalue weighted by atomic mass is 19.1. The van der Waals surface area contributed by atoms with Gasteiger partial charge in [0.1, 0.15) is 5.82 Å². The molecule has 1 aromatic rings. The molecule has 3 N–H and O–H groups in total. The highest BCUT2D eigenvalue weighted by Crippen LogP contribution is 2.28. The average Bonchev–Trinajstić information content (AvgIpc) is 2.21. The van der Waals surface area contributed by atoms with Crippen molar-refractivity contribution in [2.24, 2.45) is 0 Å². The molecule has 1 unspecified atom stereocenters. The molecule has 94 valence electrons. The SMILES string of the molecule is CC1(C)CC(Nc2ccc(F)cc2N)CCO1. The topological polar surface area (TPSA) is 47.3 Å². The summed E-state index contributed by atoms with van der Waals surface area (Å²) >= 11 is 0. The Morgan fingerprint density at radius 2 is 2.24 bits per heavy atom. The van der Waals surface area contributed by atoms with E-state index in [-0.39, 0.29) is 11.4 Å². The molecule has 1 fully saturated rings. The minimum Gasteiger partial charge on any atom is -0.397 e. The van der Waals surface area contributed by atoms with Crippen LogP contribution in [0.4, 0.5) is 15.8 Å². The van der Waals surface area contributed by atoms with Gasteiger partial charge in [-0.3, -0.25) is 0 Å². The lowest BCUT2D eigenvalue weighted by Crippen LogP contribution is -2.40. The summed E-state index contributed by atoms with van der Waals surface area (Å²) in [7, 11) is 0. The van der Waals surface area contributed by atoms with Gasteiger partial charge in [0.15, 0.2) is 0 Å². The quantitative estimate of drug-likeness (QED) is 0.779. The molecule has 0 radical (unpaired) electrons. The molecule has 0 amide bonds. The molecule has 1 heterocycles. The Labute approximate surface area is 101 Å². The van der Waals surface area contributed by atoms with Gasteiger partial charge < -0.3 is 15.8 Å². The molecule has 2 rings (SSSR count). The van der Waals surface area contributed by atoms with Gasteiger partial charge >= 0.3 is 0 Å². The van der Waals surface area contributed by atoms with Crippen LogP contribution in [0.3, 0.4) is 0 Å².